The molecule has 21 heavy (non-hydrogen) atoms. The number of hydrogen-bond donors (Lipinski definition) is 1. The van der Waals surface area contributed by atoms with Crippen molar-refractivity contribution in [3.63, 3.8) is 0 Å². The number of rotatable bonds is 7. The van der Waals surface area contributed by atoms with E-state index in [-0.39, 0.29) is 6.61 Å². The molecule has 1 aromatic rings. The first-order chi connectivity index (χ1) is 10.1. The van der Waals surface area contributed by atoms with Gasteiger partial charge >= 0.3 is 0 Å². The molecule has 0 spiro atoms. The molecule has 0 saturated heterocycles. The van der Waals surface area contributed by atoms with E-state index in [1.54, 1.807) is 7.11 Å². The predicted molar refractivity (Wildman–Crippen MR) is 86.5 cm³/mol. The van der Waals surface area contributed by atoms with Gasteiger partial charge < -0.3 is 19.6 Å². The molecule has 0 saturated carbocycles. The summed E-state index contributed by atoms with van der Waals surface area (Å²) in [5.74, 6) is 6.96. The summed E-state index contributed by atoms with van der Waals surface area (Å²) in [5, 5.41) is 8.83. The molecular formula is C17H26N2O2. The largest absolute Gasteiger partial charge is 0.497 e. The van der Waals surface area contributed by atoms with E-state index in [9.17, 15) is 0 Å². The summed E-state index contributed by atoms with van der Waals surface area (Å²) in [6.45, 7) is 2.94. The van der Waals surface area contributed by atoms with Crippen molar-refractivity contribution in [2.24, 2.45) is 0 Å². The second-order valence-electron chi connectivity index (χ2n) is 5.34. The lowest BCUT2D eigenvalue weighted by molar-refractivity contribution is 0.276. The van der Waals surface area contributed by atoms with Crippen LogP contribution in [0.2, 0.25) is 0 Å². The molecule has 116 valence electrons. The van der Waals surface area contributed by atoms with E-state index in [0.29, 0.717) is 6.42 Å². The SMILES string of the molecule is COc1ccc(C#CCCO)c(CN(C)CCN(C)C)c1. The maximum Gasteiger partial charge on any atom is 0.119 e. The van der Waals surface area contributed by atoms with Gasteiger partial charge in [-0.1, -0.05) is 11.8 Å². The van der Waals surface area contributed by atoms with E-state index in [1.807, 2.05) is 18.2 Å². The number of aliphatic hydroxyl groups excluding tert-OH is 1. The molecule has 0 aliphatic heterocycles. The van der Waals surface area contributed by atoms with Crippen molar-refractivity contribution in [2.75, 3.05) is 47.9 Å². The molecule has 0 radical (unpaired) electrons. The van der Waals surface area contributed by atoms with Crippen LogP contribution in [0.25, 0.3) is 0 Å². The van der Waals surface area contributed by atoms with Crippen LogP contribution in [0, 0.1) is 11.8 Å². The van der Waals surface area contributed by atoms with Gasteiger partial charge in [0.15, 0.2) is 0 Å². The summed E-state index contributed by atoms with van der Waals surface area (Å²) >= 11 is 0. The summed E-state index contributed by atoms with van der Waals surface area (Å²) in [7, 11) is 7.93. The van der Waals surface area contributed by atoms with Crippen molar-refractivity contribution in [3.8, 4) is 17.6 Å². The predicted octanol–water partition coefficient (Wildman–Crippen LogP) is 1.42. The Bertz CT molecular complexity index is 489. The number of methoxy groups -OCH3 is 1. The van der Waals surface area contributed by atoms with Gasteiger partial charge in [0.1, 0.15) is 5.75 Å². The first kappa shape index (κ1) is 17.5. The van der Waals surface area contributed by atoms with Crippen molar-refractivity contribution >= 4 is 0 Å². The van der Waals surface area contributed by atoms with Gasteiger partial charge in [0.2, 0.25) is 0 Å². The number of nitrogens with zero attached hydrogens (tertiary/aromatic N) is 2. The molecule has 1 rings (SSSR count). The third-order valence-corrected chi connectivity index (χ3v) is 3.14. The molecule has 1 aromatic carbocycles. The molecule has 0 unspecified atom stereocenters. The number of ether oxygens (including phenoxy) is 1. The lowest BCUT2D eigenvalue weighted by Crippen LogP contribution is -2.28. The first-order valence-corrected chi connectivity index (χ1v) is 7.16. The van der Waals surface area contributed by atoms with Gasteiger partial charge in [-0.3, -0.25) is 0 Å². The van der Waals surface area contributed by atoms with Crippen LogP contribution in [0.15, 0.2) is 18.2 Å². The molecular weight excluding hydrogens is 264 g/mol. The molecule has 4 nitrogen and oxygen atoms in total. The van der Waals surface area contributed by atoms with E-state index in [2.05, 4.69) is 42.8 Å². The molecule has 0 amide bonds. The Morgan fingerprint density at radius 3 is 2.57 bits per heavy atom. The van der Waals surface area contributed by atoms with Crippen molar-refractivity contribution in [1.82, 2.24) is 9.80 Å². The molecule has 4 heteroatoms. The van der Waals surface area contributed by atoms with Crippen LogP contribution in [0.3, 0.4) is 0 Å². The topological polar surface area (TPSA) is 35.9 Å². The Morgan fingerprint density at radius 2 is 1.95 bits per heavy atom. The second-order valence-corrected chi connectivity index (χ2v) is 5.34. The Kier molecular flexibility index (Phi) is 7.84. The number of benzene rings is 1. The third-order valence-electron chi connectivity index (χ3n) is 3.14. The highest BCUT2D eigenvalue weighted by molar-refractivity contribution is 5.45. The van der Waals surface area contributed by atoms with E-state index in [0.717, 1.165) is 36.5 Å². The smallest absolute Gasteiger partial charge is 0.119 e. The fourth-order valence-electron chi connectivity index (χ4n) is 1.90. The zero-order valence-corrected chi connectivity index (χ0v) is 13.5. The van der Waals surface area contributed by atoms with Gasteiger partial charge in [-0.2, -0.15) is 0 Å². The lowest BCUT2D eigenvalue weighted by Gasteiger charge is -2.20. The number of hydrogen-bond acceptors (Lipinski definition) is 4. The van der Waals surface area contributed by atoms with Crippen LogP contribution < -0.4 is 4.74 Å². The second kappa shape index (κ2) is 9.41. The molecule has 0 aliphatic rings. The average Bonchev–Trinajstić information content (AvgIpc) is 2.46. The molecule has 0 aromatic heterocycles. The zero-order chi connectivity index (χ0) is 15.7. The minimum Gasteiger partial charge on any atom is -0.497 e. The van der Waals surface area contributed by atoms with Gasteiger partial charge in [-0.25, -0.2) is 0 Å². The quantitative estimate of drug-likeness (QED) is 0.771. The fourth-order valence-corrected chi connectivity index (χ4v) is 1.90. The highest BCUT2D eigenvalue weighted by Crippen LogP contribution is 2.18. The normalized spacial score (nSPS) is 10.6. The molecule has 0 fully saturated rings. The van der Waals surface area contributed by atoms with Crippen LogP contribution in [0.5, 0.6) is 5.75 Å². The summed E-state index contributed by atoms with van der Waals surface area (Å²) < 4.78 is 5.30. The maximum atomic E-state index is 8.83. The van der Waals surface area contributed by atoms with Crippen LogP contribution in [0.1, 0.15) is 17.5 Å². The van der Waals surface area contributed by atoms with Gasteiger partial charge in [0.25, 0.3) is 0 Å². The summed E-state index contributed by atoms with van der Waals surface area (Å²) in [6.07, 6.45) is 0.502. The minimum absolute atomic E-state index is 0.0984. The van der Waals surface area contributed by atoms with Gasteiger partial charge in [-0.15, -0.1) is 0 Å². The van der Waals surface area contributed by atoms with Gasteiger partial charge in [-0.05, 0) is 44.9 Å². The van der Waals surface area contributed by atoms with E-state index < -0.39 is 0 Å². The first-order valence-electron chi connectivity index (χ1n) is 7.16. The third kappa shape index (κ3) is 6.63. The standard InChI is InChI=1S/C17H26N2O2/c1-18(2)10-11-19(3)14-16-13-17(21-4)9-8-15(16)7-5-6-12-20/h8-9,13,20H,6,10-12,14H2,1-4H3. The lowest BCUT2D eigenvalue weighted by atomic mass is 10.1. The fraction of sp³-hybridized carbons (Fsp3) is 0.529. The molecule has 1 N–H and O–H groups in total. The van der Waals surface area contributed by atoms with Crippen molar-refractivity contribution in [1.29, 1.82) is 0 Å². The summed E-state index contributed by atoms with van der Waals surface area (Å²) in [4.78, 5) is 4.44. The van der Waals surface area contributed by atoms with Gasteiger partial charge in [0, 0.05) is 31.6 Å². The molecule has 0 atom stereocenters. The van der Waals surface area contributed by atoms with E-state index in [4.69, 9.17) is 9.84 Å². The van der Waals surface area contributed by atoms with E-state index >= 15 is 0 Å². The highest BCUT2D eigenvalue weighted by atomic mass is 16.5. The maximum absolute atomic E-state index is 8.83. The number of aliphatic hydroxyl groups is 1. The van der Waals surface area contributed by atoms with Crippen LogP contribution >= 0.6 is 0 Å². The summed E-state index contributed by atoms with van der Waals surface area (Å²) in [5.41, 5.74) is 2.15. The zero-order valence-electron chi connectivity index (χ0n) is 13.5. The number of likely N-dealkylation sites (N-methyl/N-ethyl adjacent to an activating group) is 2. The Labute approximate surface area is 128 Å². The minimum atomic E-state index is 0.0984. The van der Waals surface area contributed by atoms with Crippen LogP contribution in [-0.4, -0.2) is 62.9 Å². The van der Waals surface area contributed by atoms with Crippen LogP contribution in [0.4, 0.5) is 0 Å². The molecule has 0 aliphatic carbocycles. The molecule has 0 heterocycles. The Balaban J connectivity index is 2.83. The molecule has 0 bridgehead atoms. The van der Waals surface area contributed by atoms with E-state index in [1.165, 1.54) is 0 Å². The Morgan fingerprint density at radius 1 is 1.19 bits per heavy atom. The van der Waals surface area contributed by atoms with Crippen LogP contribution in [-0.2, 0) is 6.54 Å². The van der Waals surface area contributed by atoms with Crippen molar-refractivity contribution in [3.05, 3.63) is 29.3 Å². The Hall–Kier alpha value is -1.54. The highest BCUT2D eigenvalue weighted by Gasteiger charge is 2.07. The monoisotopic (exact) mass is 290 g/mol. The van der Waals surface area contributed by atoms with Gasteiger partial charge in [0.05, 0.1) is 13.7 Å². The van der Waals surface area contributed by atoms with Crippen molar-refractivity contribution < 1.29 is 9.84 Å². The average molecular weight is 290 g/mol. The summed E-state index contributed by atoms with van der Waals surface area (Å²) in [6, 6.07) is 5.94. The van der Waals surface area contributed by atoms with Crippen molar-refractivity contribution in [2.45, 2.75) is 13.0 Å².